The molecule has 0 aromatic heterocycles. The van der Waals surface area contributed by atoms with Crippen molar-refractivity contribution in [1.29, 1.82) is 0 Å². The van der Waals surface area contributed by atoms with Crippen molar-refractivity contribution < 1.29 is 0 Å². The molecule has 0 saturated carbocycles. The van der Waals surface area contributed by atoms with Gasteiger partial charge in [-0.05, 0) is 12.6 Å². The summed E-state index contributed by atoms with van der Waals surface area (Å²) in [6.07, 6.45) is 10.3. The van der Waals surface area contributed by atoms with Crippen LogP contribution in [0.3, 0.4) is 0 Å². The third-order valence-corrected chi connectivity index (χ3v) is 2.22. The van der Waals surface area contributed by atoms with E-state index in [1.165, 1.54) is 6.42 Å². The molecule has 0 spiro atoms. The molecule has 2 unspecified atom stereocenters. The van der Waals surface area contributed by atoms with Crippen molar-refractivity contribution in [1.82, 2.24) is 4.90 Å². The van der Waals surface area contributed by atoms with Crippen LogP contribution in [0.4, 0.5) is 0 Å². The van der Waals surface area contributed by atoms with E-state index in [4.69, 9.17) is 0 Å². The Bertz CT molecular complexity index is 169. The van der Waals surface area contributed by atoms with E-state index in [1.807, 2.05) is 0 Å². The van der Waals surface area contributed by atoms with Crippen LogP contribution in [0.25, 0.3) is 0 Å². The minimum Gasteiger partial charge on any atom is -0.374 e. The van der Waals surface area contributed by atoms with Crippen molar-refractivity contribution in [3.63, 3.8) is 0 Å². The fourth-order valence-electron chi connectivity index (χ4n) is 1.63. The van der Waals surface area contributed by atoms with Gasteiger partial charge in [-0.1, -0.05) is 18.2 Å². The van der Waals surface area contributed by atoms with Crippen LogP contribution in [0.2, 0.25) is 0 Å². The highest BCUT2D eigenvalue weighted by Gasteiger charge is 2.26. The summed E-state index contributed by atoms with van der Waals surface area (Å²) in [6.45, 7) is 0. The van der Waals surface area contributed by atoms with Crippen LogP contribution in [-0.4, -0.2) is 18.0 Å². The summed E-state index contributed by atoms with van der Waals surface area (Å²) in [4.78, 5) is 2.27. The fraction of sp³-hybridized carbons (Fsp3) is 0.500. The Morgan fingerprint density at radius 2 is 2.33 bits per heavy atom. The predicted molar refractivity (Wildman–Crippen MR) is 37.9 cm³/mol. The number of nitrogens with zero attached hydrogens (tertiary/aromatic N) is 1. The Labute approximate surface area is 55.7 Å². The van der Waals surface area contributed by atoms with Gasteiger partial charge in [0.2, 0.25) is 0 Å². The molecule has 2 aliphatic rings. The van der Waals surface area contributed by atoms with Gasteiger partial charge in [0.1, 0.15) is 0 Å². The molecule has 48 valence electrons. The first-order valence-electron chi connectivity index (χ1n) is 3.45. The molecule has 0 radical (unpaired) electrons. The Morgan fingerprint density at radius 1 is 1.44 bits per heavy atom. The van der Waals surface area contributed by atoms with Gasteiger partial charge in [-0.25, -0.2) is 0 Å². The van der Waals surface area contributed by atoms with E-state index in [0.29, 0.717) is 6.04 Å². The lowest BCUT2D eigenvalue weighted by atomic mass is 10.1. The molecule has 0 amide bonds. The van der Waals surface area contributed by atoms with Gasteiger partial charge in [0.25, 0.3) is 0 Å². The second-order valence-corrected chi connectivity index (χ2v) is 2.83. The van der Waals surface area contributed by atoms with Crippen LogP contribution in [0.5, 0.6) is 0 Å². The van der Waals surface area contributed by atoms with Crippen LogP contribution in [-0.2, 0) is 0 Å². The number of hydrogen-bond acceptors (Lipinski definition) is 1. The quantitative estimate of drug-likeness (QED) is 0.438. The monoisotopic (exact) mass is 121 g/mol. The molecule has 1 aliphatic heterocycles. The van der Waals surface area contributed by atoms with E-state index in [-0.39, 0.29) is 0 Å². The van der Waals surface area contributed by atoms with Crippen molar-refractivity contribution in [2.24, 2.45) is 5.92 Å². The molecule has 0 aromatic carbocycles. The van der Waals surface area contributed by atoms with E-state index in [0.717, 1.165) is 5.92 Å². The van der Waals surface area contributed by atoms with E-state index in [1.54, 1.807) is 0 Å². The maximum absolute atomic E-state index is 2.30. The zero-order chi connectivity index (χ0) is 6.27. The van der Waals surface area contributed by atoms with Gasteiger partial charge in [-0.2, -0.15) is 0 Å². The van der Waals surface area contributed by atoms with Gasteiger partial charge in [0.05, 0.1) is 6.04 Å². The summed E-state index contributed by atoms with van der Waals surface area (Å²) in [5, 5.41) is 0. The van der Waals surface area contributed by atoms with Crippen molar-refractivity contribution in [3.05, 3.63) is 24.4 Å². The summed E-state index contributed by atoms with van der Waals surface area (Å²) in [6, 6.07) is 0.685. The van der Waals surface area contributed by atoms with Gasteiger partial charge in [-0.3, -0.25) is 0 Å². The van der Waals surface area contributed by atoms with Gasteiger partial charge in [-0.15, -0.1) is 0 Å². The zero-order valence-corrected chi connectivity index (χ0v) is 5.62. The van der Waals surface area contributed by atoms with Crippen molar-refractivity contribution >= 4 is 0 Å². The first-order valence-corrected chi connectivity index (χ1v) is 3.45. The Balaban J connectivity index is 2.22. The first-order chi connectivity index (χ1) is 4.38. The Morgan fingerprint density at radius 3 is 3.11 bits per heavy atom. The lowest BCUT2D eigenvalue weighted by Crippen LogP contribution is -2.23. The molecule has 1 nitrogen and oxygen atoms in total. The van der Waals surface area contributed by atoms with Crippen LogP contribution in [0.15, 0.2) is 24.4 Å². The molecule has 1 heterocycles. The number of rotatable bonds is 0. The molecule has 2 rings (SSSR count). The SMILES string of the molecule is CN1C=CC2CC=CC21. The third-order valence-electron chi connectivity index (χ3n) is 2.22. The van der Waals surface area contributed by atoms with Crippen molar-refractivity contribution in [3.8, 4) is 0 Å². The van der Waals surface area contributed by atoms with Crippen LogP contribution < -0.4 is 0 Å². The van der Waals surface area contributed by atoms with E-state index in [2.05, 4.69) is 36.4 Å². The van der Waals surface area contributed by atoms with Crippen molar-refractivity contribution in [2.45, 2.75) is 12.5 Å². The molecule has 9 heavy (non-hydrogen) atoms. The molecular formula is C8H11N. The third kappa shape index (κ3) is 0.607. The summed E-state index contributed by atoms with van der Waals surface area (Å²) in [5.74, 6) is 0.787. The lowest BCUT2D eigenvalue weighted by Gasteiger charge is -2.17. The minimum atomic E-state index is 0.685. The largest absolute Gasteiger partial charge is 0.374 e. The fourth-order valence-corrected chi connectivity index (χ4v) is 1.63. The summed E-state index contributed by atoms with van der Waals surface area (Å²) < 4.78 is 0. The molecule has 2 atom stereocenters. The van der Waals surface area contributed by atoms with Crippen LogP contribution >= 0.6 is 0 Å². The number of hydrogen-bond donors (Lipinski definition) is 0. The second-order valence-electron chi connectivity index (χ2n) is 2.83. The molecule has 1 aliphatic carbocycles. The summed E-state index contributed by atoms with van der Waals surface area (Å²) in [7, 11) is 2.14. The first kappa shape index (κ1) is 5.10. The summed E-state index contributed by atoms with van der Waals surface area (Å²) >= 11 is 0. The second kappa shape index (κ2) is 1.63. The molecule has 0 N–H and O–H groups in total. The standard InChI is InChI=1S/C8H11N/c1-9-6-5-7-3-2-4-8(7)9/h2,4-8H,3H2,1H3. The van der Waals surface area contributed by atoms with Gasteiger partial charge in [0.15, 0.2) is 0 Å². The van der Waals surface area contributed by atoms with Crippen LogP contribution in [0.1, 0.15) is 6.42 Å². The highest BCUT2D eigenvalue weighted by molar-refractivity contribution is 5.18. The van der Waals surface area contributed by atoms with E-state index in [9.17, 15) is 0 Å². The highest BCUT2D eigenvalue weighted by atomic mass is 15.1. The predicted octanol–water partition coefficient (Wildman–Crippen LogP) is 1.39. The van der Waals surface area contributed by atoms with Crippen LogP contribution in [0, 0.1) is 5.92 Å². The Hall–Kier alpha value is -0.720. The number of allylic oxidation sites excluding steroid dienone is 1. The maximum Gasteiger partial charge on any atom is 0.0530 e. The molecule has 0 saturated heterocycles. The maximum atomic E-state index is 2.30. The number of likely N-dealkylation sites (N-methyl/N-ethyl adjacent to an activating group) is 1. The van der Waals surface area contributed by atoms with Gasteiger partial charge < -0.3 is 4.90 Å². The smallest absolute Gasteiger partial charge is 0.0530 e. The molecule has 0 bridgehead atoms. The van der Waals surface area contributed by atoms with E-state index >= 15 is 0 Å². The topological polar surface area (TPSA) is 3.24 Å². The van der Waals surface area contributed by atoms with Crippen molar-refractivity contribution in [2.75, 3.05) is 7.05 Å². The molecular weight excluding hydrogens is 110 g/mol. The average Bonchev–Trinajstić information content (AvgIpc) is 2.35. The normalized spacial score (nSPS) is 38.1. The zero-order valence-electron chi connectivity index (χ0n) is 5.62. The van der Waals surface area contributed by atoms with Gasteiger partial charge >= 0.3 is 0 Å². The minimum absolute atomic E-state index is 0.685. The van der Waals surface area contributed by atoms with Gasteiger partial charge in [0, 0.05) is 13.0 Å². The Kier molecular flexibility index (Phi) is 0.922. The molecule has 0 fully saturated rings. The average molecular weight is 121 g/mol. The summed E-state index contributed by atoms with van der Waals surface area (Å²) in [5.41, 5.74) is 0. The molecule has 1 heteroatoms. The van der Waals surface area contributed by atoms with E-state index < -0.39 is 0 Å². The highest BCUT2D eigenvalue weighted by Crippen LogP contribution is 2.28. The lowest BCUT2D eigenvalue weighted by molar-refractivity contribution is 0.370. The molecule has 0 aromatic rings. The number of fused-ring (bicyclic) bond motifs is 1.